The van der Waals surface area contributed by atoms with E-state index in [2.05, 4.69) is 10.6 Å². The third kappa shape index (κ3) is 4.58. The van der Waals surface area contributed by atoms with E-state index in [9.17, 15) is 4.79 Å². The first-order chi connectivity index (χ1) is 8.65. The third-order valence-corrected chi connectivity index (χ3v) is 4.18. The highest BCUT2D eigenvalue weighted by Gasteiger charge is 2.32. The molecule has 0 aromatic carbocycles. The van der Waals surface area contributed by atoms with Gasteiger partial charge < -0.3 is 15.7 Å². The first kappa shape index (κ1) is 15.4. The highest BCUT2D eigenvalue weighted by Crippen LogP contribution is 2.30. The Hall–Kier alpha value is -0.610. The van der Waals surface area contributed by atoms with Crippen molar-refractivity contribution in [3.63, 3.8) is 0 Å². The molecule has 1 saturated carbocycles. The molecule has 18 heavy (non-hydrogen) atoms. The maximum absolute atomic E-state index is 12.1. The molecular formula is C14H28N2O2. The third-order valence-electron chi connectivity index (χ3n) is 4.18. The SMILES string of the molecule is CCC(CCO)NC(=O)CC1(NC)CCCCC1. The molecule has 1 aliphatic carbocycles. The van der Waals surface area contributed by atoms with Gasteiger partial charge in [-0.05, 0) is 32.7 Å². The number of amides is 1. The zero-order chi connectivity index (χ0) is 13.4. The van der Waals surface area contributed by atoms with Gasteiger partial charge in [0.15, 0.2) is 0 Å². The summed E-state index contributed by atoms with van der Waals surface area (Å²) in [6, 6.07) is 0.111. The van der Waals surface area contributed by atoms with Crippen LogP contribution in [0.15, 0.2) is 0 Å². The van der Waals surface area contributed by atoms with E-state index in [0.29, 0.717) is 12.8 Å². The van der Waals surface area contributed by atoms with Crippen LogP contribution in [0.2, 0.25) is 0 Å². The fourth-order valence-corrected chi connectivity index (χ4v) is 2.86. The molecule has 0 radical (unpaired) electrons. The summed E-state index contributed by atoms with van der Waals surface area (Å²) in [6.07, 6.45) is 7.97. The van der Waals surface area contributed by atoms with Crippen LogP contribution >= 0.6 is 0 Å². The highest BCUT2D eigenvalue weighted by molar-refractivity contribution is 5.77. The first-order valence-corrected chi connectivity index (χ1v) is 7.25. The van der Waals surface area contributed by atoms with Crippen molar-refractivity contribution in [2.24, 2.45) is 0 Å². The molecule has 0 spiro atoms. The van der Waals surface area contributed by atoms with Crippen molar-refractivity contribution in [1.82, 2.24) is 10.6 Å². The average molecular weight is 256 g/mol. The van der Waals surface area contributed by atoms with Crippen LogP contribution in [-0.2, 0) is 4.79 Å². The number of hydrogen-bond acceptors (Lipinski definition) is 3. The molecule has 1 unspecified atom stereocenters. The van der Waals surface area contributed by atoms with Crippen LogP contribution in [0.5, 0.6) is 0 Å². The van der Waals surface area contributed by atoms with E-state index in [0.717, 1.165) is 19.3 Å². The summed E-state index contributed by atoms with van der Waals surface area (Å²) in [5.74, 6) is 0.117. The molecule has 1 fully saturated rings. The lowest BCUT2D eigenvalue weighted by molar-refractivity contribution is -0.123. The predicted octanol–water partition coefficient (Wildman–Crippen LogP) is 1.58. The second kappa shape index (κ2) is 7.74. The summed E-state index contributed by atoms with van der Waals surface area (Å²) in [4.78, 5) is 12.1. The lowest BCUT2D eigenvalue weighted by Crippen LogP contribution is -2.49. The number of rotatable bonds is 7. The fourth-order valence-electron chi connectivity index (χ4n) is 2.86. The van der Waals surface area contributed by atoms with Gasteiger partial charge in [0.2, 0.25) is 5.91 Å². The van der Waals surface area contributed by atoms with Crippen molar-refractivity contribution in [2.75, 3.05) is 13.7 Å². The zero-order valence-electron chi connectivity index (χ0n) is 11.8. The molecule has 0 bridgehead atoms. The minimum atomic E-state index is -0.000159. The van der Waals surface area contributed by atoms with Crippen LogP contribution in [0.25, 0.3) is 0 Å². The van der Waals surface area contributed by atoms with Crippen molar-refractivity contribution in [1.29, 1.82) is 0 Å². The Morgan fingerprint density at radius 1 is 1.33 bits per heavy atom. The summed E-state index contributed by atoms with van der Waals surface area (Å²) < 4.78 is 0. The Morgan fingerprint density at radius 3 is 2.50 bits per heavy atom. The van der Waals surface area contributed by atoms with Crippen LogP contribution in [-0.4, -0.2) is 36.2 Å². The molecule has 0 aromatic heterocycles. The highest BCUT2D eigenvalue weighted by atomic mass is 16.3. The molecule has 1 rings (SSSR count). The fraction of sp³-hybridized carbons (Fsp3) is 0.929. The summed E-state index contributed by atoms with van der Waals surface area (Å²) in [6.45, 7) is 2.17. The maximum Gasteiger partial charge on any atom is 0.222 e. The van der Waals surface area contributed by atoms with E-state index in [1.54, 1.807) is 0 Å². The molecular weight excluding hydrogens is 228 g/mol. The minimum Gasteiger partial charge on any atom is -0.396 e. The number of aliphatic hydroxyl groups excluding tert-OH is 1. The van der Waals surface area contributed by atoms with Gasteiger partial charge in [-0.2, -0.15) is 0 Å². The van der Waals surface area contributed by atoms with E-state index in [1.807, 2.05) is 14.0 Å². The van der Waals surface area contributed by atoms with Crippen molar-refractivity contribution >= 4 is 5.91 Å². The van der Waals surface area contributed by atoms with Gasteiger partial charge in [0.05, 0.1) is 0 Å². The molecule has 4 nitrogen and oxygen atoms in total. The van der Waals surface area contributed by atoms with Crippen LogP contribution in [0.3, 0.4) is 0 Å². The maximum atomic E-state index is 12.1. The van der Waals surface area contributed by atoms with E-state index < -0.39 is 0 Å². The molecule has 0 aromatic rings. The normalized spacial score (nSPS) is 20.4. The summed E-state index contributed by atoms with van der Waals surface area (Å²) in [7, 11) is 1.96. The topological polar surface area (TPSA) is 61.4 Å². The summed E-state index contributed by atoms with van der Waals surface area (Å²) >= 11 is 0. The quantitative estimate of drug-likeness (QED) is 0.648. The second-order valence-electron chi connectivity index (χ2n) is 5.45. The lowest BCUT2D eigenvalue weighted by atomic mass is 9.79. The number of nitrogens with one attached hydrogen (secondary N) is 2. The number of carbonyl (C=O) groups is 1. The van der Waals surface area contributed by atoms with Gasteiger partial charge in [0.1, 0.15) is 0 Å². The van der Waals surface area contributed by atoms with Gasteiger partial charge in [-0.3, -0.25) is 4.79 Å². The van der Waals surface area contributed by atoms with E-state index in [-0.39, 0.29) is 24.1 Å². The molecule has 3 N–H and O–H groups in total. The van der Waals surface area contributed by atoms with Gasteiger partial charge in [-0.15, -0.1) is 0 Å². The Labute approximate surface area is 111 Å². The number of carbonyl (C=O) groups excluding carboxylic acids is 1. The molecule has 0 heterocycles. The summed E-state index contributed by atoms with van der Waals surface area (Å²) in [5, 5.41) is 15.3. The van der Waals surface area contributed by atoms with E-state index in [4.69, 9.17) is 5.11 Å². The van der Waals surface area contributed by atoms with Crippen LogP contribution in [0, 0.1) is 0 Å². The zero-order valence-corrected chi connectivity index (χ0v) is 11.8. The standard InChI is InChI=1S/C14H28N2O2/c1-3-12(7-10-17)16-13(18)11-14(15-2)8-5-4-6-9-14/h12,15,17H,3-11H2,1-2H3,(H,16,18). The predicted molar refractivity (Wildman–Crippen MR) is 73.4 cm³/mol. The van der Waals surface area contributed by atoms with Crippen LogP contribution < -0.4 is 10.6 Å². The second-order valence-corrected chi connectivity index (χ2v) is 5.45. The Kier molecular flexibility index (Phi) is 6.65. The Morgan fingerprint density at radius 2 is 2.00 bits per heavy atom. The molecule has 1 atom stereocenters. The number of aliphatic hydroxyl groups is 1. The van der Waals surface area contributed by atoms with Crippen LogP contribution in [0.1, 0.15) is 58.3 Å². The van der Waals surface area contributed by atoms with Crippen molar-refractivity contribution in [3.8, 4) is 0 Å². The number of hydrogen-bond donors (Lipinski definition) is 3. The van der Waals surface area contributed by atoms with E-state index in [1.165, 1.54) is 19.3 Å². The smallest absolute Gasteiger partial charge is 0.222 e. The largest absolute Gasteiger partial charge is 0.396 e. The molecule has 106 valence electrons. The Balaban J connectivity index is 2.45. The molecule has 4 heteroatoms. The van der Waals surface area contributed by atoms with Gasteiger partial charge >= 0.3 is 0 Å². The van der Waals surface area contributed by atoms with Crippen molar-refractivity contribution in [3.05, 3.63) is 0 Å². The van der Waals surface area contributed by atoms with Crippen molar-refractivity contribution in [2.45, 2.75) is 69.9 Å². The molecule has 1 amide bonds. The lowest BCUT2D eigenvalue weighted by Gasteiger charge is -2.37. The molecule has 1 aliphatic rings. The van der Waals surface area contributed by atoms with Gasteiger partial charge in [0.25, 0.3) is 0 Å². The monoisotopic (exact) mass is 256 g/mol. The van der Waals surface area contributed by atoms with Crippen LogP contribution in [0.4, 0.5) is 0 Å². The molecule has 0 saturated heterocycles. The van der Waals surface area contributed by atoms with Gasteiger partial charge in [-0.1, -0.05) is 26.2 Å². The van der Waals surface area contributed by atoms with E-state index >= 15 is 0 Å². The average Bonchev–Trinajstić information content (AvgIpc) is 2.39. The molecule has 0 aliphatic heterocycles. The summed E-state index contributed by atoms with van der Waals surface area (Å²) in [5.41, 5.74) is -0.000159. The minimum absolute atomic E-state index is 0.000159. The van der Waals surface area contributed by atoms with Crippen molar-refractivity contribution < 1.29 is 9.90 Å². The van der Waals surface area contributed by atoms with Gasteiger partial charge in [-0.25, -0.2) is 0 Å². The Bertz CT molecular complexity index is 250. The van der Waals surface area contributed by atoms with Gasteiger partial charge in [0, 0.05) is 24.6 Å². The first-order valence-electron chi connectivity index (χ1n) is 7.25.